The van der Waals surface area contributed by atoms with Gasteiger partial charge in [0.2, 0.25) is 0 Å². The largest absolute Gasteiger partial charge is 0.419 e. The molecular formula is C13H15N3O4. The smallest absolute Gasteiger partial charge is 0.408 e. The summed E-state index contributed by atoms with van der Waals surface area (Å²) in [4.78, 5) is 23.4. The van der Waals surface area contributed by atoms with Gasteiger partial charge in [0.1, 0.15) is 6.10 Å². The number of anilines is 1. The molecule has 0 radical (unpaired) electrons. The summed E-state index contributed by atoms with van der Waals surface area (Å²) in [6, 6.07) is 5.06. The van der Waals surface area contributed by atoms with E-state index >= 15 is 0 Å². The molecule has 1 aliphatic rings. The number of carbonyl (C=O) groups excluding carboxylic acids is 1. The van der Waals surface area contributed by atoms with Gasteiger partial charge >= 0.3 is 5.76 Å². The van der Waals surface area contributed by atoms with Gasteiger partial charge in [0.15, 0.2) is 5.58 Å². The highest BCUT2D eigenvalue weighted by Gasteiger charge is 2.21. The van der Waals surface area contributed by atoms with E-state index in [9.17, 15) is 9.59 Å². The second-order valence-electron chi connectivity index (χ2n) is 4.66. The first kappa shape index (κ1) is 12.9. The Balaban J connectivity index is 1.81. The Bertz CT molecular complexity index is 697. The van der Waals surface area contributed by atoms with Gasteiger partial charge in [-0.3, -0.25) is 9.36 Å². The number of carbonyl (C=O) groups is 1. The molecule has 2 N–H and O–H groups in total. The normalized spacial score (nSPS) is 19.1. The molecule has 0 spiro atoms. The van der Waals surface area contributed by atoms with Crippen molar-refractivity contribution >= 4 is 22.7 Å². The highest BCUT2D eigenvalue weighted by atomic mass is 16.5. The number of nitrogens with one attached hydrogen (secondary N) is 2. The van der Waals surface area contributed by atoms with E-state index in [1.807, 2.05) is 0 Å². The minimum absolute atomic E-state index is 0.204. The Morgan fingerprint density at radius 1 is 1.50 bits per heavy atom. The van der Waals surface area contributed by atoms with Crippen molar-refractivity contribution in [2.45, 2.75) is 6.10 Å². The van der Waals surface area contributed by atoms with Gasteiger partial charge in [-0.1, -0.05) is 0 Å². The first-order chi connectivity index (χ1) is 9.65. The number of fused-ring (bicyclic) bond motifs is 1. The molecule has 20 heavy (non-hydrogen) atoms. The number of aryl methyl sites for hydroxylation is 1. The number of nitrogens with zero attached hydrogens (tertiary/aromatic N) is 1. The predicted molar refractivity (Wildman–Crippen MR) is 72.7 cm³/mol. The minimum atomic E-state index is -0.493. The molecule has 1 aliphatic heterocycles. The van der Waals surface area contributed by atoms with E-state index < -0.39 is 11.9 Å². The molecule has 1 aromatic heterocycles. The van der Waals surface area contributed by atoms with Crippen molar-refractivity contribution in [2.75, 3.05) is 25.0 Å². The SMILES string of the molecule is Cn1c(=O)oc2ccc(NC(=O)C3CNCCO3)cc21. The van der Waals surface area contributed by atoms with Crippen molar-refractivity contribution in [1.29, 1.82) is 0 Å². The van der Waals surface area contributed by atoms with Gasteiger partial charge in [0, 0.05) is 25.8 Å². The molecule has 2 aromatic rings. The molecule has 0 bridgehead atoms. The van der Waals surface area contributed by atoms with Crippen LogP contribution in [0.15, 0.2) is 27.4 Å². The van der Waals surface area contributed by atoms with Crippen LogP contribution in [0.25, 0.3) is 11.1 Å². The average Bonchev–Trinajstić information content (AvgIpc) is 2.75. The maximum atomic E-state index is 12.0. The number of rotatable bonds is 2. The lowest BCUT2D eigenvalue weighted by molar-refractivity contribution is -0.128. The molecule has 106 valence electrons. The van der Waals surface area contributed by atoms with Crippen LogP contribution in [0.4, 0.5) is 5.69 Å². The lowest BCUT2D eigenvalue weighted by atomic mass is 10.2. The zero-order valence-corrected chi connectivity index (χ0v) is 11.0. The third kappa shape index (κ3) is 2.33. The lowest BCUT2D eigenvalue weighted by Crippen LogP contribution is -2.45. The number of hydrogen-bond donors (Lipinski definition) is 2. The second-order valence-corrected chi connectivity index (χ2v) is 4.66. The number of morpholine rings is 1. The topological polar surface area (TPSA) is 85.5 Å². The van der Waals surface area contributed by atoms with E-state index in [0.717, 1.165) is 6.54 Å². The average molecular weight is 277 g/mol. The van der Waals surface area contributed by atoms with E-state index in [2.05, 4.69) is 10.6 Å². The monoisotopic (exact) mass is 277 g/mol. The molecule has 7 heteroatoms. The highest BCUT2D eigenvalue weighted by Crippen LogP contribution is 2.18. The fraction of sp³-hybridized carbons (Fsp3) is 0.385. The summed E-state index contributed by atoms with van der Waals surface area (Å²) in [7, 11) is 1.62. The van der Waals surface area contributed by atoms with E-state index in [1.165, 1.54) is 4.57 Å². The van der Waals surface area contributed by atoms with Crippen molar-refractivity contribution in [3.63, 3.8) is 0 Å². The minimum Gasteiger partial charge on any atom is -0.408 e. The summed E-state index contributed by atoms with van der Waals surface area (Å²) < 4.78 is 11.8. The molecule has 3 rings (SSSR count). The van der Waals surface area contributed by atoms with Gasteiger partial charge in [-0.05, 0) is 18.2 Å². The quantitative estimate of drug-likeness (QED) is 0.810. The van der Waals surface area contributed by atoms with Crippen molar-refractivity contribution in [3.8, 4) is 0 Å². The van der Waals surface area contributed by atoms with Crippen LogP contribution in [0, 0.1) is 0 Å². The van der Waals surface area contributed by atoms with Gasteiger partial charge < -0.3 is 19.8 Å². The van der Waals surface area contributed by atoms with E-state index in [1.54, 1.807) is 25.2 Å². The number of benzene rings is 1. The van der Waals surface area contributed by atoms with Crippen molar-refractivity contribution in [2.24, 2.45) is 7.05 Å². The molecule has 1 saturated heterocycles. The van der Waals surface area contributed by atoms with Gasteiger partial charge in [0.25, 0.3) is 5.91 Å². The molecule has 0 aliphatic carbocycles. The van der Waals surface area contributed by atoms with E-state index in [4.69, 9.17) is 9.15 Å². The molecule has 0 saturated carbocycles. The van der Waals surface area contributed by atoms with Crippen LogP contribution in [0.2, 0.25) is 0 Å². The van der Waals surface area contributed by atoms with Gasteiger partial charge in [-0.2, -0.15) is 0 Å². The van der Waals surface area contributed by atoms with Gasteiger partial charge in [-0.15, -0.1) is 0 Å². The number of oxazole rings is 1. The molecule has 1 unspecified atom stereocenters. The summed E-state index contributed by atoms with van der Waals surface area (Å²) in [6.07, 6.45) is -0.493. The Morgan fingerprint density at radius 2 is 2.35 bits per heavy atom. The Morgan fingerprint density at radius 3 is 3.10 bits per heavy atom. The Hall–Kier alpha value is -2.12. The van der Waals surface area contributed by atoms with Crippen LogP contribution >= 0.6 is 0 Å². The van der Waals surface area contributed by atoms with Crippen LogP contribution in [-0.2, 0) is 16.6 Å². The van der Waals surface area contributed by atoms with Gasteiger partial charge in [-0.25, -0.2) is 4.79 Å². The molecule has 1 fully saturated rings. The second kappa shape index (κ2) is 5.10. The lowest BCUT2D eigenvalue weighted by Gasteiger charge is -2.22. The summed E-state index contributed by atoms with van der Waals surface area (Å²) in [5.74, 6) is -0.631. The summed E-state index contributed by atoms with van der Waals surface area (Å²) in [5, 5.41) is 5.88. The van der Waals surface area contributed by atoms with Gasteiger partial charge in [0.05, 0.1) is 12.1 Å². The first-order valence-electron chi connectivity index (χ1n) is 6.38. The van der Waals surface area contributed by atoms with Crippen LogP contribution in [-0.4, -0.2) is 36.3 Å². The third-order valence-corrected chi connectivity index (χ3v) is 3.28. The zero-order valence-electron chi connectivity index (χ0n) is 11.0. The van der Waals surface area contributed by atoms with Crippen molar-refractivity contribution < 1.29 is 13.9 Å². The molecular weight excluding hydrogens is 262 g/mol. The first-order valence-corrected chi connectivity index (χ1v) is 6.38. The number of ether oxygens (including phenoxy) is 1. The summed E-state index contributed by atoms with van der Waals surface area (Å²) in [5.41, 5.74) is 1.73. The molecule has 2 heterocycles. The molecule has 1 aromatic carbocycles. The standard InChI is InChI=1S/C13H15N3O4/c1-16-9-6-8(2-3-10(9)20-13(16)18)15-12(17)11-7-14-4-5-19-11/h2-3,6,11,14H,4-5,7H2,1H3,(H,15,17). The predicted octanol–water partition coefficient (Wildman–Crippen LogP) is 0.0584. The fourth-order valence-electron chi connectivity index (χ4n) is 2.16. The van der Waals surface area contributed by atoms with Crippen LogP contribution in [0.3, 0.4) is 0 Å². The fourth-order valence-corrected chi connectivity index (χ4v) is 2.16. The number of hydrogen-bond acceptors (Lipinski definition) is 5. The Kier molecular flexibility index (Phi) is 3.29. The maximum Gasteiger partial charge on any atom is 0.419 e. The highest BCUT2D eigenvalue weighted by molar-refractivity contribution is 5.95. The number of aromatic nitrogens is 1. The summed E-state index contributed by atoms with van der Waals surface area (Å²) >= 11 is 0. The van der Waals surface area contributed by atoms with Crippen LogP contribution in [0.1, 0.15) is 0 Å². The van der Waals surface area contributed by atoms with Crippen molar-refractivity contribution in [1.82, 2.24) is 9.88 Å². The number of amides is 1. The Labute approximate surface area is 114 Å². The molecule has 1 amide bonds. The van der Waals surface area contributed by atoms with Crippen LogP contribution < -0.4 is 16.4 Å². The summed E-state index contributed by atoms with van der Waals surface area (Å²) in [6.45, 7) is 1.78. The molecule has 1 atom stereocenters. The van der Waals surface area contributed by atoms with Crippen molar-refractivity contribution in [3.05, 3.63) is 28.7 Å². The maximum absolute atomic E-state index is 12.0. The van der Waals surface area contributed by atoms with E-state index in [-0.39, 0.29) is 5.91 Å². The van der Waals surface area contributed by atoms with Crippen LogP contribution in [0.5, 0.6) is 0 Å². The van der Waals surface area contributed by atoms with E-state index in [0.29, 0.717) is 29.9 Å². The third-order valence-electron chi connectivity index (χ3n) is 3.28. The zero-order chi connectivity index (χ0) is 14.1. The molecule has 7 nitrogen and oxygen atoms in total.